The maximum absolute atomic E-state index is 11.9. The van der Waals surface area contributed by atoms with E-state index in [2.05, 4.69) is 5.32 Å². The molecular formula is C12H13NO5S. The van der Waals surface area contributed by atoms with Gasteiger partial charge in [-0.1, -0.05) is 0 Å². The van der Waals surface area contributed by atoms with Crippen LogP contribution in [0.1, 0.15) is 10.4 Å². The minimum absolute atomic E-state index is 0.138. The standard InChI is InChI=1S/C12H13NO5S/c1-18-11-3-2-8(6-10(11)14)12(15)13-9-4-5-19(16,17)7-9/h2-6,9,14H,7H2,1H3,(H,13,15). The molecule has 0 bridgehead atoms. The van der Waals surface area contributed by atoms with E-state index in [4.69, 9.17) is 4.74 Å². The number of carbonyl (C=O) groups is 1. The van der Waals surface area contributed by atoms with Crippen molar-refractivity contribution in [3.8, 4) is 11.5 Å². The lowest BCUT2D eigenvalue weighted by atomic mass is 10.1. The summed E-state index contributed by atoms with van der Waals surface area (Å²) in [6, 6.07) is 3.68. The molecule has 1 unspecified atom stereocenters. The average Bonchev–Trinajstić information content (AvgIpc) is 2.68. The van der Waals surface area contributed by atoms with Crippen molar-refractivity contribution >= 4 is 15.7 Å². The van der Waals surface area contributed by atoms with Crippen molar-refractivity contribution in [3.63, 3.8) is 0 Å². The van der Waals surface area contributed by atoms with Crippen LogP contribution >= 0.6 is 0 Å². The summed E-state index contributed by atoms with van der Waals surface area (Å²) in [6.07, 6.45) is 1.43. The van der Waals surface area contributed by atoms with Crippen LogP contribution < -0.4 is 10.1 Å². The van der Waals surface area contributed by atoms with Gasteiger partial charge in [0.1, 0.15) is 0 Å². The van der Waals surface area contributed by atoms with Gasteiger partial charge in [-0.25, -0.2) is 8.42 Å². The molecule has 2 rings (SSSR count). The summed E-state index contributed by atoms with van der Waals surface area (Å²) < 4.78 is 27.3. The molecule has 0 saturated heterocycles. The molecule has 102 valence electrons. The van der Waals surface area contributed by atoms with Gasteiger partial charge < -0.3 is 15.2 Å². The van der Waals surface area contributed by atoms with Crippen LogP contribution in [0.15, 0.2) is 29.7 Å². The lowest BCUT2D eigenvalue weighted by Gasteiger charge is -2.11. The molecule has 0 saturated carbocycles. The number of amides is 1. The van der Waals surface area contributed by atoms with Crippen molar-refractivity contribution < 1.29 is 23.1 Å². The molecule has 6 nitrogen and oxygen atoms in total. The minimum Gasteiger partial charge on any atom is -0.504 e. The maximum atomic E-state index is 11.9. The highest BCUT2D eigenvalue weighted by molar-refractivity contribution is 7.94. The largest absolute Gasteiger partial charge is 0.504 e. The molecule has 0 radical (unpaired) electrons. The fourth-order valence-corrected chi connectivity index (χ4v) is 2.98. The number of phenolic OH excluding ortho intramolecular Hbond substituents is 1. The van der Waals surface area contributed by atoms with Crippen LogP contribution in [0.3, 0.4) is 0 Å². The Morgan fingerprint density at radius 2 is 2.21 bits per heavy atom. The van der Waals surface area contributed by atoms with E-state index in [0.29, 0.717) is 0 Å². The summed E-state index contributed by atoms with van der Waals surface area (Å²) in [6.45, 7) is 0. The summed E-state index contributed by atoms with van der Waals surface area (Å²) in [5, 5.41) is 13.2. The number of aromatic hydroxyl groups is 1. The molecule has 1 aliphatic heterocycles. The first-order chi connectivity index (χ1) is 8.91. The van der Waals surface area contributed by atoms with E-state index < -0.39 is 21.8 Å². The Morgan fingerprint density at radius 1 is 1.47 bits per heavy atom. The van der Waals surface area contributed by atoms with Crippen LogP contribution in [-0.2, 0) is 9.84 Å². The van der Waals surface area contributed by atoms with Crippen LogP contribution in [0.25, 0.3) is 0 Å². The van der Waals surface area contributed by atoms with E-state index in [1.807, 2.05) is 0 Å². The quantitative estimate of drug-likeness (QED) is 0.839. The number of methoxy groups -OCH3 is 1. The van der Waals surface area contributed by atoms with Crippen molar-refractivity contribution in [2.24, 2.45) is 0 Å². The molecule has 1 aliphatic rings. The maximum Gasteiger partial charge on any atom is 0.251 e. The molecule has 1 aromatic rings. The average molecular weight is 283 g/mol. The summed E-state index contributed by atoms with van der Waals surface area (Å²) in [4.78, 5) is 11.9. The van der Waals surface area contributed by atoms with Gasteiger partial charge in [-0.05, 0) is 24.3 Å². The Hall–Kier alpha value is -2.02. The van der Waals surface area contributed by atoms with E-state index in [1.54, 1.807) is 0 Å². The zero-order chi connectivity index (χ0) is 14.0. The number of nitrogens with one attached hydrogen (secondary N) is 1. The second-order valence-electron chi connectivity index (χ2n) is 4.12. The number of rotatable bonds is 3. The summed E-state index contributed by atoms with van der Waals surface area (Å²) in [5.74, 6) is -0.477. The molecule has 0 aromatic heterocycles. The Bertz CT molecular complexity index is 636. The van der Waals surface area contributed by atoms with Gasteiger partial charge in [0.05, 0.1) is 18.9 Å². The number of hydrogen-bond acceptors (Lipinski definition) is 5. The molecule has 1 atom stereocenters. The van der Waals surface area contributed by atoms with Gasteiger partial charge in [-0.15, -0.1) is 0 Å². The number of benzene rings is 1. The van der Waals surface area contributed by atoms with Crippen LogP contribution in [0.4, 0.5) is 0 Å². The first-order valence-electron chi connectivity index (χ1n) is 5.50. The Labute approximate surface area is 110 Å². The molecule has 1 amide bonds. The molecule has 1 heterocycles. The number of phenols is 1. The van der Waals surface area contributed by atoms with Gasteiger partial charge in [0.25, 0.3) is 5.91 Å². The Balaban J connectivity index is 2.09. The van der Waals surface area contributed by atoms with E-state index in [-0.39, 0.29) is 22.8 Å². The van der Waals surface area contributed by atoms with Gasteiger partial charge in [-0.2, -0.15) is 0 Å². The van der Waals surface area contributed by atoms with E-state index in [9.17, 15) is 18.3 Å². The van der Waals surface area contributed by atoms with Gasteiger partial charge in [0.15, 0.2) is 21.3 Å². The van der Waals surface area contributed by atoms with Crippen LogP contribution in [-0.4, -0.2) is 38.3 Å². The summed E-state index contributed by atoms with van der Waals surface area (Å²) in [7, 11) is -1.80. The number of sulfone groups is 1. The van der Waals surface area contributed by atoms with Crippen molar-refractivity contribution in [1.29, 1.82) is 0 Å². The van der Waals surface area contributed by atoms with Crippen LogP contribution in [0, 0.1) is 0 Å². The molecule has 0 aliphatic carbocycles. The van der Waals surface area contributed by atoms with Crippen molar-refractivity contribution in [1.82, 2.24) is 5.32 Å². The second kappa shape index (κ2) is 4.93. The zero-order valence-electron chi connectivity index (χ0n) is 10.2. The zero-order valence-corrected chi connectivity index (χ0v) is 11.0. The second-order valence-corrected chi connectivity index (χ2v) is 6.06. The lowest BCUT2D eigenvalue weighted by Crippen LogP contribution is -2.35. The van der Waals surface area contributed by atoms with Gasteiger partial charge in [-0.3, -0.25) is 4.79 Å². The fourth-order valence-electron chi connectivity index (χ4n) is 1.75. The van der Waals surface area contributed by atoms with Crippen LogP contribution in [0.2, 0.25) is 0 Å². The summed E-state index contributed by atoms with van der Waals surface area (Å²) in [5.41, 5.74) is 0.232. The normalized spacial score (nSPS) is 20.2. The Kier molecular flexibility index (Phi) is 3.48. The first kappa shape index (κ1) is 13.4. The predicted octanol–water partition coefficient (Wildman–Crippen LogP) is 0.441. The van der Waals surface area contributed by atoms with E-state index in [0.717, 1.165) is 5.41 Å². The van der Waals surface area contributed by atoms with Crippen molar-refractivity contribution in [2.45, 2.75) is 6.04 Å². The van der Waals surface area contributed by atoms with Crippen molar-refractivity contribution in [3.05, 3.63) is 35.2 Å². The lowest BCUT2D eigenvalue weighted by molar-refractivity contribution is 0.0947. The predicted molar refractivity (Wildman–Crippen MR) is 68.8 cm³/mol. The molecule has 0 spiro atoms. The number of ether oxygens (including phenoxy) is 1. The smallest absolute Gasteiger partial charge is 0.251 e. The molecule has 1 aromatic carbocycles. The molecule has 0 fully saturated rings. The summed E-state index contributed by atoms with van der Waals surface area (Å²) >= 11 is 0. The molecule has 7 heteroatoms. The Morgan fingerprint density at radius 3 is 2.74 bits per heavy atom. The number of hydrogen-bond donors (Lipinski definition) is 2. The minimum atomic E-state index is -3.21. The topological polar surface area (TPSA) is 92.7 Å². The molecule has 2 N–H and O–H groups in total. The SMILES string of the molecule is COc1ccc(C(=O)NC2C=CS(=O)(=O)C2)cc1O. The molecular weight excluding hydrogens is 270 g/mol. The molecule has 19 heavy (non-hydrogen) atoms. The van der Waals surface area contributed by atoms with Gasteiger partial charge in [0.2, 0.25) is 0 Å². The highest BCUT2D eigenvalue weighted by Crippen LogP contribution is 2.26. The van der Waals surface area contributed by atoms with E-state index in [1.165, 1.54) is 31.4 Å². The first-order valence-corrected chi connectivity index (χ1v) is 7.21. The third-order valence-corrected chi connectivity index (χ3v) is 4.08. The fraction of sp³-hybridized carbons (Fsp3) is 0.250. The van der Waals surface area contributed by atoms with Crippen LogP contribution in [0.5, 0.6) is 11.5 Å². The monoisotopic (exact) mass is 283 g/mol. The van der Waals surface area contributed by atoms with Gasteiger partial charge in [0, 0.05) is 11.0 Å². The van der Waals surface area contributed by atoms with E-state index >= 15 is 0 Å². The third-order valence-electron chi connectivity index (χ3n) is 2.69. The van der Waals surface area contributed by atoms with Gasteiger partial charge >= 0.3 is 0 Å². The number of carbonyl (C=O) groups excluding carboxylic acids is 1. The third kappa shape index (κ3) is 3.05. The highest BCUT2D eigenvalue weighted by Gasteiger charge is 2.23. The highest BCUT2D eigenvalue weighted by atomic mass is 32.2. The van der Waals surface area contributed by atoms with Crippen molar-refractivity contribution in [2.75, 3.05) is 12.9 Å².